The van der Waals surface area contributed by atoms with E-state index in [0.717, 1.165) is 25.0 Å². The summed E-state index contributed by atoms with van der Waals surface area (Å²) in [6.07, 6.45) is 1.81. The van der Waals surface area contributed by atoms with Crippen LogP contribution in [-0.2, 0) is 10.0 Å². The summed E-state index contributed by atoms with van der Waals surface area (Å²) in [4.78, 5) is 13.8. The van der Waals surface area contributed by atoms with Crippen molar-refractivity contribution < 1.29 is 22.0 Å². The number of hydrogen-bond donors (Lipinski definition) is 1. The van der Waals surface area contributed by atoms with E-state index in [0.29, 0.717) is 24.7 Å². The number of halogens is 2. The number of para-hydroxylation sites is 1. The molecular formula is C18H18F2N2O3S. The molecule has 8 heteroatoms. The molecule has 1 heterocycles. The minimum atomic E-state index is -4.26. The van der Waals surface area contributed by atoms with Crippen LogP contribution in [-0.4, -0.2) is 32.3 Å². The van der Waals surface area contributed by atoms with Gasteiger partial charge in [-0.15, -0.1) is 0 Å². The summed E-state index contributed by atoms with van der Waals surface area (Å²) in [5.74, 6) is -2.26. The molecule has 0 spiro atoms. The largest absolute Gasteiger partial charge is 0.339 e. The number of carbonyl (C=O) groups excluding carboxylic acids is 1. The fraction of sp³-hybridized carbons (Fsp3) is 0.278. The molecule has 0 unspecified atom stereocenters. The van der Waals surface area contributed by atoms with Crippen LogP contribution >= 0.6 is 0 Å². The number of rotatable bonds is 4. The van der Waals surface area contributed by atoms with Crippen LogP contribution in [0.25, 0.3) is 0 Å². The highest BCUT2D eigenvalue weighted by Crippen LogP contribution is 2.27. The maximum absolute atomic E-state index is 13.4. The fourth-order valence-corrected chi connectivity index (χ4v) is 4.14. The Hall–Kier alpha value is -2.48. The number of likely N-dealkylation sites (tertiary alicyclic amines) is 1. The van der Waals surface area contributed by atoms with Crippen LogP contribution < -0.4 is 4.72 Å². The van der Waals surface area contributed by atoms with Gasteiger partial charge in [0.15, 0.2) is 0 Å². The molecule has 0 aromatic heterocycles. The van der Waals surface area contributed by atoms with Gasteiger partial charge >= 0.3 is 0 Å². The molecule has 1 N–H and O–H groups in total. The van der Waals surface area contributed by atoms with Gasteiger partial charge in [-0.05, 0) is 43.5 Å². The van der Waals surface area contributed by atoms with E-state index in [9.17, 15) is 22.0 Å². The Morgan fingerprint density at radius 1 is 1.08 bits per heavy atom. The lowest BCUT2D eigenvalue weighted by Crippen LogP contribution is -2.29. The molecule has 0 aliphatic carbocycles. The van der Waals surface area contributed by atoms with Crippen molar-refractivity contribution in [2.75, 3.05) is 17.8 Å². The molecule has 0 atom stereocenters. The van der Waals surface area contributed by atoms with Crippen LogP contribution in [0.2, 0.25) is 0 Å². The number of anilines is 1. The second-order valence-corrected chi connectivity index (χ2v) is 7.89. The summed E-state index contributed by atoms with van der Waals surface area (Å²) >= 11 is 0. The van der Waals surface area contributed by atoms with Crippen molar-refractivity contribution in [3.8, 4) is 0 Å². The van der Waals surface area contributed by atoms with Crippen LogP contribution in [0.4, 0.5) is 14.5 Å². The van der Waals surface area contributed by atoms with E-state index in [-0.39, 0.29) is 17.2 Å². The number of nitrogens with zero attached hydrogens (tertiary/aromatic N) is 1. The number of aryl methyl sites for hydroxylation is 1. The van der Waals surface area contributed by atoms with E-state index >= 15 is 0 Å². The van der Waals surface area contributed by atoms with E-state index in [4.69, 9.17) is 0 Å². The monoisotopic (exact) mass is 380 g/mol. The summed E-state index contributed by atoms with van der Waals surface area (Å²) in [7, 11) is -4.26. The maximum atomic E-state index is 13.4. The second-order valence-electron chi connectivity index (χ2n) is 6.21. The molecule has 1 saturated heterocycles. The van der Waals surface area contributed by atoms with Crippen molar-refractivity contribution in [2.45, 2.75) is 24.7 Å². The lowest BCUT2D eigenvalue weighted by atomic mass is 10.1. The van der Waals surface area contributed by atoms with Crippen molar-refractivity contribution in [3.63, 3.8) is 0 Å². The molecule has 26 heavy (non-hydrogen) atoms. The Kier molecular flexibility index (Phi) is 4.95. The molecule has 0 saturated carbocycles. The zero-order chi connectivity index (χ0) is 18.9. The van der Waals surface area contributed by atoms with Gasteiger partial charge in [-0.25, -0.2) is 17.2 Å². The standard InChI is InChI=1S/C18H18F2N2O3S/c1-12-5-4-6-16(18(23)22-7-2-3-8-22)17(12)21-26(24,25)15-10-13(19)9-14(20)11-15/h4-6,9-11,21H,2-3,7-8H2,1H3. The first-order chi connectivity index (χ1) is 12.3. The van der Waals surface area contributed by atoms with Gasteiger partial charge in [0.2, 0.25) is 0 Å². The summed E-state index contributed by atoms with van der Waals surface area (Å²) < 4.78 is 54.3. The third-order valence-corrected chi connectivity index (χ3v) is 5.61. The summed E-state index contributed by atoms with van der Waals surface area (Å²) in [6, 6.07) is 6.91. The first-order valence-electron chi connectivity index (χ1n) is 8.16. The molecule has 2 aromatic rings. The lowest BCUT2D eigenvalue weighted by molar-refractivity contribution is 0.0794. The summed E-state index contributed by atoms with van der Waals surface area (Å²) in [5, 5.41) is 0. The van der Waals surface area contributed by atoms with Crippen LogP contribution in [0.3, 0.4) is 0 Å². The van der Waals surface area contributed by atoms with Crippen LogP contribution in [0, 0.1) is 18.6 Å². The van der Waals surface area contributed by atoms with Crippen molar-refractivity contribution in [1.82, 2.24) is 4.90 Å². The average Bonchev–Trinajstić information content (AvgIpc) is 3.09. The Bertz CT molecular complexity index is 935. The highest BCUT2D eigenvalue weighted by Gasteiger charge is 2.25. The Morgan fingerprint density at radius 3 is 2.31 bits per heavy atom. The fourth-order valence-electron chi connectivity index (χ4n) is 2.95. The Balaban J connectivity index is 2.00. The van der Waals surface area contributed by atoms with Crippen LogP contribution in [0.5, 0.6) is 0 Å². The van der Waals surface area contributed by atoms with Gasteiger partial charge in [0.25, 0.3) is 15.9 Å². The third-order valence-electron chi connectivity index (χ3n) is 4.28. The van der Waals surface area contributed by atoms with Gasteiger partial charge in [0, 0.05) is 19.2 Å². The maximum Gasteiger partial charge on any atom is 0.262 e. The van der Waals surface area contributed by atoms with Gasteiger partial charge in [-0.3, -0.25) is 9.52 Å². The Morgan fingerprint density at radius 2 is 1.69 bits per heavy atom. The molecule has 138 valence electrons. The quantitative estimate of drug-likeness (QED) is 0.885. The van der Waals surface area contributed by atoms with Crippen molar-refractivity contribution in [2.24, 2.45) is 0 Å². The average molecular weight is 380 g/mol. The number of benzene rings is 2. The van der Waals surface area contributed by atoms with Gasteiger partial charge in [0.1, 0.15) is 11.6 Å². The topological polar surface area (TPSA) is 66.5 Å². The summed E-state index contributed by atoms with van der Waals surface area (Å²) in [5.41, 5.74) is 0.872. The highest BCUT2D eigenvalue weighted by atomic mass is 32.2. The summed E-state index contributed by atoms with van der Waals surface area (Å²) in [6.45, 7) is 2.90. The number of hydrogen-bond acceptors (Lipinski definition) is 3. The van der Waals surface area contributed by atoms with E-state index in [1.807, 2.05) is 0 Å². The number of sulfonamides is 1. The zero-order valence-electron chi connectivity index (χ0n) is 14.1. The molecule has 1 aliphatic rings. The van der Waals surface area contributed by atoms with Crippen LogP contribution in [0.1, 0.15) is 28.8 Å². The predicted octanol–water partition coefficient (Wildman–Crippen LogP) is 3.31. The van der Waals surface area contributed by atoms with Crippen molar-refractivity contribution in [3.05, 3.63) is 59.2 Å². The molecule has 0 bridgehead atoms. The predicted molar refractivity (Wildman–Crippen MR) is 93.5 cm³/mol. The number of nitrogens with one attached hydrogen (secondary N) is 1. The van der Waals surface area contributed by atoms with E-state index in [1.165, 1.54) is 6.07 Å². The lowest BCUT2D eigenvalue weighted by Gasteiger charge is -2.19. The molecular weight excluding hydrogens is 362 g/mol. The second kappa shape index (κ2) is 7.03. The van der Waals surface area contributed by atoms with E-state index < -0.39 is 26.6 Å². The van der Waals surface area contributed by atoms with E-state index in [2.05, 4.69) is 4.72 Å². The van der Waals surface area contributed by atoms with Crippen LogP contribution in [0.15, 0.2) is 41.3 Å². The minimum Gasteiger partial charge on any atom is -0.339 e. The van der Waals surface area contributed by atoms with E-state index in [1.54, 1.807) is 24.0 Å². The number of carbonyl (C=O) groups is 1. The van der Waals surface area contributed by atoms with Gasteiger partial charge in [-0.2, -0.15) is 0 Å². The van der Waals surface area contributed by atoms with Gasteiger partial charge in [0.05, 0.1) is 16.1 Å². The molecule has 5 nitrogen and oxygen atoms in total. The molecule has 1 amide bonds. The Labute approximate surface area is 150 Å². The van der Waals surface area contributed by atoms with Gasteiger partial charge in [-0.1, -0.05) is 12.1 Å². The van der Waals surface area contributed by atoms with Gasteiger partial charge < -0.3 is 4.90 Å². The third kappa shape index (κ3) is 3.70. The number of amides is 1. The highest BCUT2D eigenvalue weighted by molar-refractivity contribution is 7.92. The SMILES string of the molecule is Cc1cccc(C(=O)N2CCCC2)c1NS(=O)(=O)c1cc(F)cc(F)c1. The molecule has 1 aliphatic heterocycles. The normalized spacial score (nSPS) is 14.5. The molecule has 3 rings (SSSR count). The molecule has 2 aromatic carbocycles. The minimum absolute atomic E-state index is 0.120. The molecule has 0 radical (unpaired) electrons. The van der Waals surface area contributed by atoms with Crippen molar-refractivity contribution >= 4 is 21.6 Å². The first-order valence-corrected chi connectivity index (χ1v) is 9.64. The first kappa shape index (κ1) is 18.3. The van der Waals surface area contributed by atoms with Crippen molar-refractivity contribution in [1.29, 1.82) is 0 Å². The zero-order valence-corrected chi connectivity index (χ0v) is 14.9. The smallest absolute Gasteiger partial charge is 0.262 e. The molecule has 1 fully saturated rings.